The van der Waals surface area contributed by atoms with Crippen LogP contribution in [0.25, 0.3) is 0 Å². The van der Waals surface area contributed by atoms with Crippen LogP contribution in [0.1, 0.15) is 53.6 Å². The van der Waals surface area contributed by atoms with Crippen LogP contribution < -0.4 is 10.2 Å². The molecule has 2 heterocycles. The van der Waals surface area contributed by atoms with Crippen LogP contribution in [0, 0.1) is 6.92 Å². The van der Waals surface area contributed by atoms with Crippen molar-refractivity contribution in [2.24, 2.45) is 0 Å². The molecule has 0 atom stereocenters. The Morgan fingerprint density at radius 3 is 2.39 bits per heavy atom. The van der Waals surface area contributed by atoms with Gasteiger partial charge in [-0.15, -0.1) is 0 Å². The topological polar surface area (TPSA) is 69.7 Å². The maximum atomic E-state index is 13.0. The molecule has 1 N–H and O–H groups in total. The van der Waals surface area contributed by atoms with E-state index >= 15 is 0 Å². The van der Waals surface area contributed by atoms with E-state index < -0.39 is 10.0 Å². The van der Waals surface area contributed by atoms with E-state index in [0.717, 1.165) is 62.0 Å². The average Bonchev–Trinajstić information content (AvgIpc) is 3.33. The molecular weight excluding hydrogens is 410 g/mol. The van der Waals surface area contributed by atoms with E-state index in [1.165, 1.54) is 0 Å². The molecule has 1 amide bonds. The summed E-state index contributed by atoms with van der Waals surface area (Å²) in [5, 5.41) is 2.99. The number of carbonyl (C=O) groups excluding carboxylic acids is 1. The molecule has 4 rings (SSSR count). The number of hydrogen-bond acceptors (Lipinski definition) is 4. The van der Waals surface area contributed by atoms with Crippen LogP contribution in [0.3, 0.4) is 0 Å². The zero-order chi connectivity index (χ0) is 21.8. The number of sulfonamides is 1. The molecule has 6 nitrogen and oxygen atoms in total. The minimum atomic E-state index is -3.48. The summed E-state index contributed by atoms with van der Waals surface area (Å²) in [5.41, 5.74) is 3.48. The van der Waals surface area contributed by atoms with Crippen molar-refractivity contribution in [2.75, 3.05) is 31.1 Å². The van der Waals surface area contributed by atoms with Crippen molar-refractivity contribution in [3.63, 3.8) is 0 Å². The Morgan fingerprint density at radius 2 is 1.65 bits per heavy atom. The lowest BCUT2D eigenvalue weighted by atomic mass is 10.1. The first-order valence-corrected chi connectivity index (χ1v) is 12.6. The van der Waals surface area contributed by atoms with Gasteiger partial charge in [-0.25, -0.2) is 8.42 Å². The first-order chi connectivity index (χ1) is 14.9. The van der Waals surface area contributed by atoms with Gasteiger partial charge in [0.1, 0.15) is 0 Å². The smallest absolute Gasteiger partial charge is 0.253 e. The number of amides is 1. The van der Waals surface area contributed by atoms with E-state index in [4.69, 9.17) is 0 Å². The molecule has 2 aliphatic heterocycles. The normalized spacial score (nSPS) is 17.6. The van der Waals surface area contributed by atoms with E-state index in [-0.39, 0.29) is 12.5 Å². The highest BCUT2D eigenvalue weighted by molar-refractivity contribution is 7.89. The summed E-state index contributed by atoms with van der Waals surface area (Å²) in [6.07, 6.45) is 5.19. The minimum Gasteiger partial charge on any atom is -0.371 e. The van der Waals surface area contributed by atoms with Crippen molar-refractivity contribution in [3.8, 4) is 0 Å². The molecule has 0 aromatic heterocycles. The van der Waals surface area contributed by atoms with Crippen molar-refractivity contribution in [1.82, 2.24) is 9.62 Å². The van der Waals surface area contributed by atoms with Crippen molar-refractivity contribution >= 4 is 21.6 Å². The molecule has 2 saturated heterocycles. The third kappa shape index (κ3) is 4.93. The zero-order valence-corrected chi connectivity index (χ0v) is 19.0. The fourth-order valence-electron chi connectivity index (χ4n) is 4.41. The van der Waals surface area contributed by atoms with E-state index in [0.29, 0.717) is 23.5 Å². The second kappa shape index (κ2) is 9.40. The van der Waals surface area contributed by atoms with Gasteiger partial charge in [-0.05, 0) is 62.4 Å². The summed E-state index contributed by atoms with van der Waals surface area (Å²) >= 11 is 0. The SMILES string of the molecule is Cc1ccc(N2CCCC2)c(C(=O)NCc2cccc(S(=O)(=O)N3CCCCC3)c2)c1. The molecule has 166 valence electrons. The van der Waals surface area contributed by atoms with E-state index in [1.54, 1.807) is 22.5 Å². The third-order valence-corrected chi connectivity index (χ3v) is 8.04. The highest BCUT2D eigenvalue weighted by atomic mass is 32.2. The van der Waals surface area contributed by atoms with Gasteiger partial charge in [0.15, 0.2) is 0 Å². The van der Waals surface area contributed by atoms with Crippen LogP contribution in [0.4, 0.5) is 5.69 Å². The second-order valence-corrected chi connectivity index (χ2v) is 10.4. The quantitative estimate of drug-likeness (QED) is 0.742. The molecule has 7 heteroatoms. The summed E-state index contributed by atoms with van der Waals surface area (Å²) in [5.74, 6) is -0.130. The lowest BCUT2D eigenvalue weighted by Crippen LogP contribution is -2.35. The monoisotopic (exact) mass is 441 g/mol. The summed E-state index contributed by atoms with van der Waals surface area (Å²) in [6, 6.07) is 12.9. The summed E-state index contributed by atoms with van der Waals surface area (Å²) in [7, 11) is -3.48. The number of hydrogen-bond donors (Lipinski definition) is 1. The van der Waals surface area contributed by atoms with Crippen molar-refractivity contribution < 1.29 is 13.2 Å². The molecule has 0 unspecified atom stereocenters. The molecule has 2 aliphatic rings. The molecular formula is C24H31N3O3S. The van der Waals surface area contributed by atoms with Gasteiger partial charge in [-0.2, -0.15) is 4.31 Å². The largest absolute Gasteiger partial charge is 0.371 e. The van der Waals surface area contributed by atoms with Crippen LogP contribution >= 0.6 is 0 Å². The lowest BCUT2D eigenvalue weighted by molar-refractivity contribution is 0.0951. The number of rotatable bonds is 6. The Balaban J connectivity index is 1.48. The lowest BCUT2D eigenvalue weighted by Gasteiger charge is -2.26. The third-order valence-electron chi connectivity index (χ3n) is 6.15. The number of nitrogens with zero attached hydrogens (tertiary/aromatic N) is 2. The van der Waals surface area contributed by atoms with Crippen LogP contribution in [0.5, 0.6) is 0 Å². The maximum Gasteiger partial charge on any atom is 0.253 e. The molecule has 2 aromatic rings. The number of carbonyl (C=O) groups is 1. The minimum absolute atomic E-state index is 0.130. The number of anilines is 1. The Bertz CT molecular complexity index is 1040. The Kier molecular flexibility index (Phi) is 6.62. The van der Waals surface area contributed by atoms with Crippen molar-refractivity contribution in [3.05, 3.63) is 59.2 Å². The van der Waals surface area contributed by atoms with Gasteiger partial charge in [0, 0.05) is 38.4 Å². The van der Waals surface area contributed by atoms with Crippen LogP contribution in [0.15, 0.2) is 47.4 Å². The number of piperidine rings is 1. The van der Waals surface area contributed by atoms with Gasteiger partial charge in [-0.3, -0.25) is 4.79 Å². The van der Waals surface area contributed by atoms with E-state index in [1.807, 2.05) is 31.2 Å². The number of nitrogens with one attached hydrogen (secondary N) is 1. The maximum absolute atomic E-state index is 13.0. The van der Waals surface area contributed by atoms with Gasteiger partial charge < -0.3 is 10.2 Å². The summed E-state index contributed by atoms with van der Waals surface area (Å²) in [6.45, 7) is 5.38. The highest BCUT2D eigenvalue weighted by Gasteiger charge is 2.26. The molecule has 0 bridgehead atoms. The van der Waals surface area contributed by atoms with Crippen LogP contribution in [-0.4, -0.2) is 44.8 Å². The van der Waals surface area contributed by atoms with Gasteiger partial charge in [0.25, 0.3) is 5.91 Å². The van der Waals surface area contributed by atoms with Gasteiger partial charge in [0.05, 0.1) is 10.5 Å². The van der Waals surface area contributed by atoms with Crippen LogP contribution in [-0.2, 0) is 16.6 Å². The number of benzene rings is 2. The zero-order valence-electron chi connectivity index (χ0n) is 18.1. The second-order valence-electron chi connectivity index (χ2n) is 8.51. The predicted octanol–water partition coefficient (Wildman–Crippen LogP) is 3.70. The van der Waals surface area contributed by atoms with Gasteiger partial charge >= 0.3 is 0 Å². The molecule has 0 spiro atoms. The van der Waals surface area contributed by atoms with Crippen molar-refractivity contribution in [2.45, 2.75) is 50.5 Å². The summed E-state index contributed by atoms with van der Waals surface area (Å²) in [4.78, 5) is 15.6. The first kappa shape index (κ1) is 21.8. The molecule has 0 radical (unpaired) electrons. The standard InChI is InChI=1S/C24H31N3O3S/c1-19-10-11-23(26-12-5-6-13-26)22(16-19)24(28)25-18-20-8-7-9-21(17-20)31(29,30)27-14-3-2-4-15-27/h7-11,16-17H,2-6,12-15,18H2,1H3,(H,25,28). The van der Waals surface area contributed by atoms with Crippen LogP contribution in [0.2, 0.25) is 0 Å². The Morgan fingerprint density at radius 1 is 0.935 bits per heavy atom. The summed E-state index contributed by atoms with van der Waals surface area (Å²) < 4.78 is 27.5. The number of aryl methyl sites for hydroxylation is 1. The average molecular weight is 442 g/mol. The fraction of sp³-hybridized carbons (Fsp3) is 0.458. The molecule has 31 heavy (non-hydrogen) atoms. The van der Waals surface area contributed by atoms with Gasteiger partial charge in [-0.1, -0.05) is 30.2 Å². The van der Waals surface area contributed by atoms with E-state index in [2.05, 4.69) is 10.2 Å². The van der Waals surface area contributed by atoms with Crippen molar-refractivity contribution in [1.29, 1.82) is 0 Å². The molecule has 0 saturated carbocycles. The van der Waals surface area contributed by atoms with Gasteiger partial charge in [0.2, 0.25) is 10.0 Å². The fourth-order valence-corrected chi connectivity index (χ4v) is 6.00. The highest BCUT2D eigenvalue weighted by Crippen LogP contribution is 2.26. The predicted molar refractivity (Wildman–Crippen MR) is 123 cm³/mol. The molecule has 2 fully saturated rings. The molecule has 0 aliphatic carbocycles. The first-order valence-electron chi connectivity index (χ1n) is 11.2. The Hall–Kier alpha value is -2.38. The Labute approximate surface area is 185 Å². The molecule has 2 aromatic carbocycles. The van der Waals surface area contributed by atoms with E-state index in [9.17, 15) is 13.2 Å².